The lowest BCUT2D eigenvalue weighted by Crippen LogP contribution is -2.50. The van der Waals surface area contributed by atoms with Crippen LogP contribution in [-0.4, -0.2) is 64.0 Å². The van der Waals surface area contributed by atoms with Gasteiger partial charge in [0.15, 0.2) is 0 Å². The van der Waals surface area contributed by atoms with E-state index in [4.69, 9.17) is 4.74 Å². The monoisotopic (exact) mass is 348 g/mol. The highest BCUT2D eigenvalue weighted by atomic mass is 32.1. The fraction of sp³-hybridized carbons (Fsp3) is 0.688. The van der Waals surface area contributed by atoms with Gasteiger partial charge < -0.3 is 14.2 Å². The number of hydrogen-bond donors (Lipinski definition) is 0. The average Bonchev–Trinajstić information content (AvgIpc) is 3.20. The quantitative estimate of drug-likeness (QED) is 0.835. The maximum absolute atomic E-state index is 5.99. The second-order valence-electron chi connectivity index (χ2n) is 6.96. The van der Waals surface area contributed by atoms with Gasteiger partial charge in [-0.3, -0.25) is 4.90 Å². The van der Waals surface area contributed by atoms with Crippen molar-refractivity contribution in [3.8, 4) is 0 Å². The first-order chi connectivity index (χ1) is 11.7. The van der Waals surface area contributed by atoms with Gasteiger partial charge in [-0.25, -0.2) is 4.98 Å². The van der Waals surface area contributed by atoms with Gasteiger partial charge in [-0.05, 0) is 19.4 Å². The maximum atomic E-state index is 5.99. The summed E-state index contributed by atoms with van der Waals surface area (Å²) in [5.74, 6) is 1.13. The standard InChI is InChI=1S/C16H24N6OS/c1-20-6-4-17-14(20)9-21-5-2-3-16(10-21)11-22(7-8-23-12-16)15-19-18-13-24-15/h4,6,13H,2-3,5,7-12H2,1H3/t16-/m1/s1. The molecule has 2 saturated heterocycles. The molecule has 0 aromatic carbocycles. The summed E-state index contributed by atoms with van der Waals surface area (Å²) in [5.41, 5.74) is 1.98. The van der Waals surface area contributed by atoms with E-state index in [0.717, 1.165) is 56.9 Å². The molecule has 0 saturated carbocycles. The zero-order valence-electron chi connectivity index (χ0n) is 14.1. The van der Waals surface area contributed by atoms with Gasteiger partial charge in [-0.15, -0.1) is 10.2 Å². The van der Waals surface area contributed by atoms with Crippen LogP contribution in [0, 0.1) is 5.41 Å². The van der Waals surface area contributed by atoms with Crippen molar-refractivity contribution in [1.82, 2.24) is 24.6 Å². The summed E-state index contributed by atoms with van der Waals surface area (Å²) in [4.78, 5) is 9.36. The zero-order valence-corrected chi connectivity index (χ0v) is 14.9. The molecule has 2 aromatic heterocycles. The summed E-state index contributed by atoms with van der Waals surface area (Å²) >= 11 is 1.61. The second kappa shape index (κ2) is 6.78. The minimum atomic E-state index is 0.172. The van der Waals surface area contributed by atoms with E-state index < -0.39 is 0 Å². The van der Waals surface area contributed by atoms with E-state index in [9.17, 15) is 0 Å². The Hall–Kier alpha value is -1.51. The predicted molar refractivity (Wildman–Crippen MR) is 93.1 cm³/mol. The van der Waals surface area contributed by atoms with Gasteiger partial charge in [-0.1, -0.05) is 11.3 Å². The van der Waals surface area contributed by atoms with E-state index in [-0.39, 0.29) is 5.41 Å². The van der Waals surface area contributed by atoms with Crippen molar-refractivity contribution >= 4 is 16.5 Å². The molecule has 1 spiro atoms. The minimum Gasteiger partial charge on any atom is -0.379 e. The van der Waals surface area contributed by atoms with Crippen molar-refractivity contribution in [2.45, 2.75) is 19.4 Å². The van der Waals surface area contributed by atoms with Gasteiger partial charge in [0.05, 0.1) is 19.8 Å². The van der Waals surface area contributed by atoms with Gasteiger partial charge in [0.1, 0.15) is 11.3 Å². The molecular weight excluding hydrogens is 324 g/mol. The van der Waals surface area contributed by atoms with E-state index in [2.05, 4.69) is 36.6 Å². The molecule has 2 aromatic rings. The normalized spacial score (nSPS) is 26.0. The number of likely N-dealkylation sites (tertiary alicyclic amines) is 1. The molecule has 0 N–H and O–H groups in total. The van der Waals surface area contributed by atoms with Crippen LogP contribution < -0.4 is 4.90 Å². The predicted octanol–water partition coefficient (Wildman–Crippen LogP) is 1.39. The van der Waals surface area contributed by atoms with Crippen molar-refractivity contribution in [3.05, 3.63) is 23.7 Å². The van der Waals surface area contributed by atoms with Gasteiger partial charge in [-0.2, -0.15) is 0 Å². The largest absolute Gasteiger partial charge is 0.379 e. The molecule has 0 unspecified atom stereocenters. The lowest BCUT2D eigenvalue weighted by Gasteiger charge is -2.43. The van der Waals surface area contributed by atoms with E-state index in [1.54, 1.807) is 11.3 Å². The van der Waals surface area contributed by atoms with Crippen molar-refractivity contribution in [1.29, 1.82) is 0 Å². The van der Waals surface area contributed by atoms with Crippen molar-refractivity contribution in [2.75, 3.05) is 44.3 Å². The smallest absolute Gasteiger partial charge is 0.208 e. The Morgan fingerprint density at radius 3 is 3.08 bits per heavy atom. The topological polar surface area (TPSA) is 59.3 Å². The van der Waals surface area contributed by atoms with Crippen LogP contribution in [0.2, 0.25) is 0 Å². The molecule has 0 amide bonds. The van der Waals surface area contributed by atoms with Gasteiger partial charge >= 0.3 is 0 Å². The Bertz CT molecular complexity index is 659. The number of aryl methyl sites for hydroxylation is 1. The molecule has 130 valence electrons. The molecule has 0 radical (unpaired) electrons. The van der Waals surface area contributed by atoms with Crippen LogP contribution in [0.3, 0.4) is 0 Å². The first kappa shape index (κ1) is 16.0. The van der Waals surface area contributed by atoms with Crippen LogP contribution >= 0.6 is 11.3 Å². The number of rotatable bonds is 3. The van der Waals surface area contributed by atoms with E-state index in [1.807, 2.05) is 17.9 Å². The number of nitrogens with zero attached hydrogens (tertiary/aromatic N) is 6. The van der Waals surface area contributed by atoms with Gasteiger partial charge in [0, 0.05) is 44.5 Å². The number of imidazole rings is 1. The summed E-state index contributed by atoms with van der Waals surface area (Å²) < 4.78 is 8.10. The van der Waals surface area contributed by atoms with Gasteiger partial charge in [0.25, 0.3) is 0 Å². The number of aromatic nitrogens is 4. The summed E-state index contributed by atoms with van der Waals surface area (Å²) in [7, 11) is 2.06. The molecule has 4 heterocycles. The Morgan fingerprint density at radius 1 is 1.33 bits per heavy atom. The Labute approximate surface area is 146 Å². The number of ether oxygens (including phenoxy) is 1. The zero-order chi connectivity index (χ0) is 16.4. The van der Waals surface area contributed by atoms with E-state index in [1.165, 1.54) is 12.8 Å². The SMILES string of the molecule is Cn1ccnc1CN1CCC[C@@]2(COCCN(c3nncs3)C2)C1. The van der Waals surface area contributed by atoms with Crippen LogP contribution in [0.15, 0.2) is 17.9 Å². The van der Waals surface area contributed by atoms with E-state index >= 15 is 0 Å². The Kier molecular flexibility index (Phi) is 4.51. The van der Waals surface area contributed by atoms with Crippen LogP contribution in [0.25, 0.3) is 0 Å². The molecule has 4 rings (SSSR count). The highest BCUT2D eigenvalue weighted by Crippen LogP contribution is 2.35. The Balaban J connectivity index is 1.49. The fourth-order valence-electron chi connectivity index (χ4n) is 3.90. The highest BCUT2D eigenvalue weighted by molar-refractivity contribution is 7.13. The molecule has 8 heteroatoms. The molecular formula is C16H24N6OS. The molecule has 7 nitrogen and oxygen atoms in total. The molecule has 1 atom stereocenters. The first-order valence-corrected chi connectivity index (χ1v) is 9.40. The van der Waals surface area contributed by atoms with Crippen LogP contribution in [-0.2, 0) is 18.3 Å². The van der Waals surface area contributed by atoms with E-state index in [0.29, 0.717) is 0 Å². The molecule has 2 aliphatic rings. The summed E-state index contributed by atoms with van der Waals surface area (Å²) in [6, 6.07) is 0. The lowest BCUT2D eigenvalue weighted by atomic mass is 9.80. The maximum Gasteiger partial charge on any atom is 0.208 e. The summed E-state index contributed by atoms with van der Waals surface area (Å²) in [6.07, 6.45) is 6.30. The lowest BCUT2D eigenvalue weighted by molar-refractivity contribution is 0.00968. The third-order valence-corrected chi connectivity index (χ3v) is 5.84. The third kappa shape index (κ3) is 3.31. The number of piperidine rings is 1. The molecule has 0 aliphatic carbocycles. The summed E-state index contributed by atoms with van der Waals surface area (Å²) in [5, 5.41) is 9.28. The van der Waals surface area contributed by atoms with Crippen LogP contribution in [0.5, 0.6) is 0 Å². The highest BCUT2D eigenvalue weighted by Gasteiger charge is 2.39. The van der Waals surface area contributed by atoms with Crippen molar-refractivity contribution in [2.24, 2.45) is 12.5 Å². The van der Waals surface area contributed by atoms with Gasteiger partial charge in [0.2, 0.25) is 5.13 Å². The third-order valence-electron chi connectivity index (χ3n) is 5.09. The number of anilines is 1. The first-order valence-electron chi connectivity index (χ1n) is 8.52. The van der Waals surface area contributed by atoms with Crippen molar-refractivity contribution in [3.63, 3.8) is 0 Å². The number of hydrogen-bond acceptors (Lipinski definition) is 7. The minimum absolute atomic E-state index is 0.172. The van der Waals surface area contributed by atoms with Crippen molar-refractivity contribution < 1.29 is 4.74 Å². The van der Waals surface area contributed by atoms with Crippen LogP contribution in [0.1, 0.15) is 18.7 Å². The molecule has 2 fully saturated rings. The molecule has 24 heavy (non-hydrogen) atoms. The Morgan fingerprint density at radius 2 is 2.29 bits per heavy atom. The average molecular weight is 348 g/mol. The van der Waals surface area contributed by atoms with Crippen LogP contribution in [0.4, 0.5) is 5.13 Å². The second-order valence-corrected chi connectivity index (χ2v) is 7.78. The summed E-state index contributed by atoms with van der Waals surface area (Å²) in [6.45, 7) is 6.59. The molecule has 2 aliphatic heterocycles. The fourth-order valence-corrected chi connectivity index (χ4v) is 4.49. The molecule has 0 bridgehead atoms.